The third-order valence-electron chi connectivity index (χ3n) is 2.51. The molecule has 0 aromatic heterocycles. The number of ether oxygens (including phenoxy) is 1. The zero-order valence-corrected chi connectivity index (χ0v) is 13.7. The topological polar surface area (TPSA) is 21.3 Å². The monoisotopic (exact) mass is 351 g/mol. The SMILES string of the molecule is CNCc1ccc(Cl)cc1Oc1cc(Cl)ccc1Cl.Cl. The van der Waals surface area contributed by atoms with Crippen molar-refractivity contribution in [1.29, 1.82) is 0 Å². The molecule has 0 saturated carbocycles. The van der Waals surface area contributed by atoms with Gasteiger partial charge >= 0.3 is 0 Å². The van der Waals surface area contributed by atoms with E-state index in [0.29, 0.717) is 33.1 Å². The Balaban J connectivity index is 0.00000200. The number of rotatable bonds is 4. The summed E-state index contributed by atoms with van der Waals surface area (Å²) >= 11 is 18.0. The van der Waals surface area contributed by atoms with Crippen LogP contribution in [-0.4, -0.2) is 7.05 Å². The fourth-order valence-electron chi connectivity index (χ4n) is 1.63. The predicted molar refractivity (Wildman–Crippen MR) is 88.0 cm³/mol. The number of halogens is 4. The molecule has 6 heteroatoms. The summed E-state index contributed by atoms with van der Waals surface area (Å²) in [7, 11) is 1.87. The molecule has 108 valence electrons. The van der Waals surface area contributed by atoms with E-state index in [1.165, 1.54) is 0 Å². The van der Waals surface area contributed by atoms with Gasteiger partial charge in [0, 0.05) is 28.2 Å². The highest BCUT2D eigenvalue weighted by Gasteiger charge is 2.09. The minimum Gasteiger partial charge on any atom is -0.455 e. The lowest BCUT2D eigenvalue weighted by molar-refractivity contribution is 0.474. The van der Waals surface area contributed by atoms with E-state index in [-0.39, 0.29) is 12.4 Å². The highest BCUT2D eigenvalue weighted by atomic mass is 35.5. The fraction of sp³-hybridized carbons (Fsp3) is 0.143. The second-order valence-electron chi connectivity index (χ2n) is 3.96. The average Bonchev–Trinajstić information content (AvgIpc) is 2.37. The standard InChI is InChI=1S/C14H12Cl3NO.ClH/c1-18-8-9-2-3-10(15)6-13(9)19-14-7-11(16)4-5-12(14)17;/h2-7,18H,8H2,1H3;1H. The summed E-state index contributed by atoms with van der Waals surface area (Å²) in [5, 5.41) is 4.74. The smallest absolute Gasteiger partial charge is 0.147 e. The van der Waals surface area contributed by atoms with E-state index in [2.05, 4.69) is 5.32 Å². The van der Waals surface area contributed by atoms with Crippen LogP contribution in [0.15, 0.2) is 36.4 Å². The molecular weight excluding hydrogens is 340 g/mol. The summed E-state index contributed by atoms with van der Waals surface area (Å²) in [5.74, 6) is 1.17. The first-order chi connectivity index (χ1) is 9.10. The zero-order chi connectivity index (χ0) is 13.8. The molecule has 0 saturated heterocycles. The van der Waals surface area contributed by atoms with Gasteiger partial charge in [-0.05, 0) is 31.3 Å². The number of hydrogen-bond acceptors (Lipinski definition) is 2. The molecule has 20 heavy (non-hydrogen) atoms. The van der Waals surface area contributed by atoms with E-state index in [1.54, 1.807) is 24.3 Å². The Hall–Kier alpha value is -0.640. The van der Waals surface area contributed by atoms with E-state index in [9.17, 15) is 0 Å². The van der Waals surface area contributed by atoms with Crippen LogP contribution in [0.2, 0.25) is 15.1 Å². The van der Waals surface area contributed by atoms with E-state index in [1.807, 2.05) is 19.2 Å². The van der Waals surface area contributed by atoms with Gasteiger partial charge in [0.2, 0.25) is 0 Å². The van der Waals surface area contributed by atoms with Gasteiger partial charge in [-0.2, -0.15) is 0 Å². The molecule has 0 spiro atoms. The molecule has 0 aliphatic heterocycles. The largest absolute Gasteiger partial charge is 0.455 e. The van der Waals surface area contributed by atoms with Crippen molar-refractivity contribution in [3.05, 3.63) is 57.0 Å². The molecule has 0 bridgehead atoms. The zero-order valence-electron chi connectivity index (χ0n) is 10.6. The lowest BCUT2D eigenvalue weighted by Gasteiger charge is -2.12. The van der Waals surface area contributed by atoms with Crippen LogP contribution in [0.1, 0.15) is 5.56 Å². The van der Waals surface area contributed by atoms with Crippen molar-refractivity contribution in [2.24, 2.45) is 0 Å². The number of benzene rings is 2. The molecule has 2 aromatic rings. The Bertz CT molecular complexity index is 589. The second kappa shape index (κ2) is 7.96. The highest BCUT2D eigenvalue weighted by Crippen LogP contribution is 2.34. The van der Waals surface area contributed by atoms with Crippen molar-refractivity contribution in [1.82, 2.24) is 5.32 Å². The summed E-state index contributed by atoms with van der Waals surface area (Å²) in [6, 6.07) is 10.6. The van der Waals surface area contributed by atoms with Gasteiger partial charge in [-0.15, -0.1) is 12.4 Å². The van der Waals surface area contributed by atoms with Crippen LogP contribution >= 0.6 is 47.2 Å². The molecule has 1 N–H and O–H groups in total. The second-order valence-corrected chi connectivity index (χ2v) is 5.24. The summed E-state index contributed by atoms with van der Waals surface area (Å²) in [6.45, 7) is 0.671. The summed E-state index contributed by atoms with van der Waals surface area (Å²) in [5.41, 5.74) is 0.989. The molecule has 0 aliphatic rings. The van der Waals surface area contributed by atoms with Crippen molar-refractivity contribution < 1.29 is 4.74 Å². The fourth-order valence-corrected chi connectivity index (χ4v) is 2.11. The average molecular weight is 353 g/mol. The number of nitrogens with one attached hydrogen (secondary N) is 1. The summed E-state index contributed by atoms with van der Waals surface area (Å²) in [6.07, 6.45) is 0. The third-order valence-corrected chi connectivity index (χ3v) is 3.29. The maximum absolute atomic E-state index is 6.08. The van der Waals surface area contributed by atoms with Gasteiger partial charge in [0.15, 0.2) is 0 Å². The van der Waals surface area contributed by atoms with Crippen molar-refractivity contribution in [2.75, 3.05) is 7.05 Å². The molecule has 0 atom stereocenters. The molecule has 2 rings (SSSR count). The van der Waals surface area contributed by atoms with E-state index < -0.39 is 0 Å². The van der Waals surface area contributed by atoms with Crippen LogP contribution in [0.5, 0.6) is 11.5 Å². The van der Waals surface area contributed by atoms with Crippen LogP contribution in [0.4, 0.5) is 0 Å². The highest BCUT2D eigenvalue weighted by molar-refractivity contribution is 6.34. The summed E-state index contributed by atoms with van der Waals surface area (Å²) < 4.78 is 5.81. The van der Waals surface area contributed by atoms with Gasteiger partial charge in [-0.1, -0.05) is 40.9 Å². The van der Waals surface area contributed by atoms with Crippen molar-refractivity contribution in [3.63, 3.8) is 0 Å². The maximum Gasteiger partial charge on any atom is 0.147 e. The molecule has 0 heterocycles. The minimum absolute atomic E-state index is 0. The normalized spacial score (nSPS) is 10.0. The first-order valence-electron chi connectivity index (χ1n) is 5.66. The van der Waals surface area contributed by atoms with Gasteiger partial charge < -0.3 is 10.1 Å². The first kappa shape index (κ1) is 17.4. The quantitative estimate of drug-likeness (QED) is 0.775. The van der Waals surface area contributed by atoms with Crippen LogP contribution in [0, 0.1) is 0 Å². The van der Waals surface area contributed by atoms with Gasteiger partial charge in [0.1, 0.15) is 11.5 Å². The molecule has 2 nitrogen and oxygen atoms in total. The van der Waals surface area contributed by atoms with Crippen molar-refractivity contribution in [2.45, 2.75) is 6.54 Å². The lowest BCUT2D eigenvalue weighted by Crippen LogP contribution is -2.06. The van der Waals surface area contributed by atoms with E-state index >= 15 is 0 Å². The van der Waals surface area contributed by atoms with Gasteiger partial charge in [0.25, 0.3) is 0 Å². The van der Waals surface area contributed by atoms with Gasteiger partial charge in [-0.25, -0.2) is 0 Å². The Morgan fingerprint density at radius 2 is 1.55 bits per heavy atom. The Kier molecular flexibility index (Phi) is 6.93. The Morgan fingerprint density at radius 3 is 2.20 bits per heavy atom. The Morgan fingerprint density at radius 1 is 0.950 bits per heavy atom. The molecule has 0 amide bonds. The third kappa shape index (κ3) is 4.44. The van der Waals surface area contributed by atoms with Crippen molar-refractivity contribution in [3.8, 4) is 11.5 Å². The number of hydrogen-bond donors (Lipinski definition) is 1. The molecule has 0 radical (unpaired) electrons. The van der Waals surface area contributed by atoms with Crippen LogP contribution < -0.4 is 10.1 Å². The minimum atomic E-state index is 0. The Labute approximate surface area is 139 Å². The van der Waals surface area contributed by atoms with Crippen LogP contribution in [0.25, 0.3) is 0 Å². The molecule has 0 unspecified atom stereocenters. The molecule has 2 aromatic carbocycles. The summed E-state index contributed by atoms with van der Waals surface area (Å²) in [4.78, 5) is 0. The predicted octanol–water partition coefficient (Wildman–Crippen LogP) is 5.58. The van der Waals surface area contributed by atoms with Crippen LogP contribution in [-0.2, 0) is 6.54 Å². The first-order valence-corrected chi connectivity index (χ1v) is 6.79. The molecular formula is C14H13Cl4NO. The van der Waals surface area contributed by atoms with E-state index in [4.69, 9.17) is 39.5 Å². The van der Waals surface area contributed by atoms with Gasteiger partial charge in [-0.3, -0.25) is 0 Å². The van der Waals surface area contributed by atoms with Crippen LogP contribution in [0.3, 0.4) is 0 Å². The maximum atomic E-state index is 6.08. The molecule has 0 fully saturated rings. The van der Waals surface area contributed by atoms with Crippen molar-refractivity contribution >= 4 is 47.2 Å². The molecule has 0 aliphatic carbocycles. The lowest BCUT2D eigenvalue weighted by atomic mass is 10.2. The van der Waals surface area contributed by atoms with E-state index in [0.717, 1.165) is 5.56 Å². The van der Waals surface area contributed by atoms with Gasteiger partial charge in [0.05, 0.1) is 5.02 Å².